The first kappa shape index (κ1) is 49.9. The number of hydrogen-bond acceptors (Lipinski definition) is 14. The predicted octanol–water partition coefficient (Wildman–Crippen LogP) is 5.61. The Morgan fingerprint density at radius 2 is 0.717 bits per heavy atom. The molecule has 0 heterocycles. The maximum Gasteiger partial charge on any atom is 2.00 e. The predicted molar refractivity (Wildman–Crippen MR) is 194 cm³/mol. The second-order valence-corrected chi connectivity index (χ2v) is 15.5. The molecule has 4 unspecified atom stereocenters. The summed E-state index contributed by atoms with van der Waals surface area (Å²) in [5.74, 6) is -2.79. The summed E-state index contributed by atoms with van der Waals surface area (Å²) >= 11 is 0. The van der Waals surface area contributed by atoms with Crippen molar-refractivity contribution in [2.24, 2.45) is 23.7 Å². The van der Waals surface area contributed by atoms with E-state index < -0.39 is 53.9 Å². The Bertz CT molecular complexity index is 1610. The molecule has 292 valence electrons. The van der Waals surface area contributed by atoms with Gasteiger partial charge >= 0.3 is 46.9 Å². The van der Waals surface area contributed by atoms with Crippen molar-refractivity contribution in [3.05, 3.63) is 58.7 Å². The Balaban J connectivity index is 0.00000100. The van der Waals surface area contributed by atoms with E-state index in [-0.39, 0.29) is 95.4 Å². The molecule has 0 aliphatic rings. The molecule has 2 rings (SSSR count). The minimum absolute atomic E-state index is 0. The zero-order chi connectivity index (χ0) is 39.8. The van der Waals surface area contributed by atoms with Crippen LogP contribution >= 0.6 is 0 Å². The maximum atomic E-state index is 12.3. The Kier molecular flexibility index (Phi) is 22.3. The van der Waals surface area contributed by atoms with Crippen molar-refractivity contribution in [3.63, 3.8) is 0 Å². The van der Waals surface area contributed by atoms with E-state index in [1.807, 2.05) is 55.4 Å². The molecule has 0 bridgehead atoms. The number of ether oxygens (including phenoxy) is 4. The minimum Gasteiger partial charge on any atom is -0.744 e. The van der Waals surface area contributed by atoms with Gasteiger partial charge in [0, 0.05) is 0 Å². The third kappa shape index (κ3) is 17.3. The molecule has 0 radical (unpaired) electrons. The van der Waals surface area contributed by atoms with Crippen LogP contribution in [-0.4, -0.2) is 99.3 Å². The van der Waals surface area contributed by atoms with E-state index in [9.17, 15) is 45.1 Å². The maximum absolute atomic E-state index is 12.3. The van der Waals surface area contributed by atoms with Crippen LogP contribution in [0.5, 0.6) is 0 Å². The quantitative estimate of drug-likeness (QED) is 0.0775. The molecule has 14 nitrogen and oxygen atoms in total. The standard InChI is InChI=1S/2C18H26O7S.Mg/c2*1-5-12(3)10-24-17(19)15-8-7-14(26(21,22)23)9-16(15)18(20)25-11-13(4)6-2;/h2*7-9,12-13H,5-6,10-11H2,1-4H3,(H,21,22,23);/q;;+2/p-2. The summed E-state index contributed by atoms with van der Waals surface area (Å²) in [7, 11) is -9.55. The van der Waals surface area contributed by atoms with Crippen LogP contribution < -0.4 is 0 Å². The fourth-order valence-corrected chi connectivity index (χ4v) is 4.70. The molecule has 0 saturated carbocycles. The average molecular weight is 795 g/mol. The van der Waals surface area contributed by atoms with Crippen LogP contribution in [-0.2, 0) is 39.2 Å². The number of carbonyl (C=O) groups is 4. The summed E-state index contributed by atoms with van der Waals surface area (Å²) in [5, 5.41) is 0. The Labute approximate surface area is 329 Å². The number of rotatable bonds is 18. The molecule has 0 fully saturated rings. The number of benzene rings is 2. The molecule has 17 heteroatoms. The van der Waals surface area contributed by atoms with Crippen LogP contribution in [0.4, 0.5) is 0 Å². The van der Waals surface area contributed by atoms with Crippen LogP contribution in [0.15, 0.2) is 46.2 Å². The molecule has 53 heavy (non-hydrogen) atoms. The molecular formula is C36H50MgO14S2. The van der Waals surface area contributed by atoms with Crippen LogP contribution in [0.3, 0.4) is 0 Å². The summed E-state index contributed by atoms with van der Waals surface area (Å²) in [6.07, 6.45) is 3.19. The summed E-state index contributed by atoms with van der Waals surface area (Å²) in [6, 6.07) is 5.89. The Morgan fingerprint density at radius 1 is 0.491 bits per heavy atom. The van der Waals surface area contributed by atoms with Crippen LogP contribution in [0.2, 0.25) is 0 Å². The second kappa shape index (κ2) is 23.6. The molecule has 0 spiro atoms. The van der Waals surface area contributed by atoms with E-state index in [1.54, 1.807) is 0 Å². The van der Waals surface area contributed by atoms with Gasteiger partial charge in [0.1, 0.15) is 20.2 Å². The molecule has 0 saturated heterocycles. The number of esters is 4. The zero-order valence-electron chi connectivity index (χ0n) is 31.7. The zero-order valence-corrected chi connectivity index (χ0v) is 34.7. The molecule has 0 N–H and O–H groups in total. The Morgan fingerprint density at radius 3 is 0.925 bits per heavy atom. The van der Waals surface area contributed by atoms with Gasteiger partial charge in [-0.2, -0.15) is 0 Å². The second-order valence-electron chi connectivity index (χ2n) is 12.8. The van der Waals surface area contributed by atoms with Crippen LogP contribution in [0.1, 0.15) is 123 Å². The third-order valence-corrected chi connectivity index (χ3v) is 9.89. The number of hydrogen-bond donors (Lipinski definition) is 0. The molecular weight excluding hydrogens is 745 g/mol. The summed E-state index contributed by atoms with van der Waals surface area (Å²) < 4.78 is 88.0. The van der Waals surface area contributed by atoms with Gasteiger partial charge in [-0.3, -0.25) is 0 Å². The monoisotopic (exact) mass is 794 g/mol. The molecule has 2 aromatic carbocycles. The van der Waals surface area contributed by atoms with Gasteiger partial charge in [-0.15, -0.1) is 0 Å². The van der Waals surface area contributed by atoms with Crippen LogP contribution in [0, 0.1) is 23.7 Å². The van der Waals surface area contributed by atoms with E-state index in [0.29, 0.717) is 0 Å². The Hall–Kier alpha value is -3.09. The van der Waals surface area contributed by atoms with Crippen molar-refractivity contribution in [1.29, 1.82) is 0 Å². The fourth-order valence-electron chi connectivity index (χ4n) is 3.71. The topological polar surface area (TPSA) is 220 Å². The number of carbonyl (C=O) groups excluding carboxylic acids is 4. The molecule has 0 amide bonds. The largest absolute Gasteiger partial charge is 2.00 e. The van der Waals surface area contributed by atoms with E-state index in [1.165, 1.54) is 0 Å². The van der Waals surface area contributed by atoms with E-state index >= 15 is 0 Å². The first-order chi connectivity index (χ1) is 24.2. The first-order valence-corrected chi connectivity index (χ1v) is 19.9. The van der Waals surface area contributed by atoms with Gasteiger partial charge in [0.05, 0.1) is 58.5 Å². The van der Waals surface area contributed by atoms with Crippen molar-refractivity contribution in [2.75, 3.05) is 26.4 Å². The average Bonchev–Trinajstić information content (AvgIpc) is 3.12. The minimum atomic E-state index is -4.78. The van der Waals surface area contributed by atoms with Gasteiger partial charge in [-0.05, 0) is 60.1 Å². The SMILES string of the molecule is CCC(C)COC(=O)c1ccc(S(=O)(=O)[O-])cc1C(=O)OCC(C)CC.CCC(C)COC(=O)c1ccc(S(=O)(=O)[O-])cc1C(=O)OCC(C)CC.[Mg+2]. The fraction of sp³-hybridized carbons (Fsp3) is 0.556. The molecule has 0 aliphatic heterocycles. The summed E-state index contributed by atoms with van der Waals surface area (Å²) in [6.45, 7) is 15.9. The van der Waals surface area contributed by atoms with Crippen molar-refractivity contribution >= 4 is 67.2 Å². The van der Waals surface area contributed by atoms with Gasteiger partial charge in [-0.25, -0.2) is 36.0 Å². The molecule has 2 aromatic rings. The van der Waals surface area contributed by atoms with Gasteiger partial charge in [-0.1, -0.05) is 81.1 Å². The van der Waals surface area contributed by atoms with Gasteiger partial charge in [0.2, 0.25) is 0 Å². The van der Waals surface area contributed by atoms with Crippen molar-refractivity contribution in [2.45, 2.75) is 90.9 Å². The van der Waals surface area contributed by atoms with Crippen LogP contribution in [0.25, 0.3) is 0 Å². The smallest absolute Gasteiger partial charge is 0.744 e. The van der Waals surface area contributed by atoms with Gasteiger partial charge in [0.15, 0.2) is 0 Å². The van der Waals surface area contributed by atoms with Gasteiger partial charge in [0.25, 0.3) is 0 Å². The molecule has 0 aliphatic carbocycles. The van der Waals surface area contributed by atoms with E-state index in [4.69, 9.17) is 18.9 Å². The van der Waals surface area contributed by atoms with E-state index in [2.05, 4.69) is 0 Å². The van der Waals surface area contributed by atoms with Crippen molar-refractivity contribution in [3.8, 4) is 0 Å². The summed E-state index contributed by atoms with van der Waals surface area (Å²) in [5.41, 5.74) is -0.844. The molecule has 0 aromatic heterocycles. The normalized spacial score (nSPS) is 13.5. The van der Waals surface area contributed by atoms with Crippen molar-refractivity contribution < 1.29 is 64.1 Å². The van der Waals surface area contributed by atoms with Crippen molar-refractivity contribution in [1.82, 2.24) is 0 Å². The first-order valence-electron chi connectivity index (χ1n) is 17.1. The van der Waals surface area contributed by atoms with E-state index in [0.717, 1.165) is 62.1 Å². The third-order valence-electron chi connectivity index (χ3n) is 8.22. The summed E-state index contributed by atoms with van der Waals surface area (Å²) in [4.78, 5) is 48.0. The van der Waals surface area contributed by atoms with Gasteiger partial charge < -0.3 is 28.1 Å². The molecule has 4 atom stereocenters.